The van der Waals surface area contributed by atoms with E-state index in [9.17, 15) is 14.4 Å². The summed E-state index contributed by atoms with van der Waals surface area (Å²) in [5, 5.41) is 15.6. The summed E-state index contributed by atoms with van der Waals surface area (Å²) < 4.78 is 12.9. The number of aromatic nitrogens is 1. The number of nitrogens with one attached hydrogen (secondary N) is 2. The Morgan fingerprint density at radius 1 is 1.12 bits per heavy atom. The highest BCUT2D eigenvalue weighted by Gasteiger charge is 2.10. The first-order valence-electron chi connectivity index (χ1n) is 7.45. The van der Waals surface area contributed by atoms with Gasteiger partial charge in [0.2, 0.25) is 0 Å². The maximum absolute atomic E-state index is 12.9. The molecule has 0 fully saturated rings. The quantitative estimate of drug-likeness (QED) is 0.562. The summed E-state index contributed by atoms with van der Waals surface area (Å²) >= 11 is 0. The van der Waals surface area contributed by atoms with Crippen molar-refractivity contribution < 1.29 is 9.18 Å². The van der Waals surface area contributed by atoms with Crippen LogP contribution in [0.2, 0.25) is 0 Å². The van der Waals surface area contributed by atoms with Crippen molar-refractivity contribution in [3.8, 4) is 6.07 Å². The van der Waals surface area contributed by atoms with E-state index < -0.39 is 11.7 Å². The number of anilines is 2. The number of carbonyl (C=O) groups excluding carboxylic acids is 1. The summed E-state index contributed by atoms with van der Waals surface area (Å²) in [5.74, 6) is -0.992. The molecule has 3 rings (SSSR count). The summed E-state index contributed by atoms with van der Waals surface area (Å²) in [6, 6.07) is 16.5. The normalized spacial score (nSPS) is 11.0. The number of amides is 1. The van der Waals surface area contributed by atoms with Crippen molar-refractivity contribution in [2.45, 2.75) is 0 Å². The first kappa shape index (κ1) is 16.1. The van der Waals surface area contributed by atoms with Gasteiger partial charge in [-0.25, -0.2) is 4.39 Å². The number of halogens is 1. The Morgan fingerprint density at radius 3 is 2.64 bits per heavy atom. The Labute approximate surface area is 143 Å². The molecule has 0 atom stereocenters. The minimum absolute atomic E-state index is 0.114. The molecular formula is C19H13FN4O. The van der Waals surface area contributed by atoms with E-state index in [1.165, 1.54) is 30.5 Å². The number of carbonyl (C=O) groups is 1. The second-order valence-corrected chi connectivity index (χ2v) is 5.16. The lowest BCUT2D eigenvalue weighted by Gasteiger charge is -2.07. The average Bonchev–Trinajstić information content (AvgIpc) is 2.64. The maximum atomic E-state index is 12.9. The van der Waals surface area contributed by atoms with Gasteiger partial charge in [-0.05, 0) is 36.4 Å². The number of pyridine rings is 1. The topological polar surface area (TPSA) is 77.8 Å². The largest absolute Gasteiger partial charge is 0.358 e. The highest BCUT2D eigenvalue weighted by Crippen LogP contribution is 2.21. The van der Waals surface area contributed by atoms with E-state index in [2.05, 4.69) is 15.6 Å². The minimum Gasteiger partial charge on any atom is -0.358 e. The molecule has 0 bridgehead atoms. The Balaban J connectivity index is 1.79. The fourth-order valence-electron chi connectivity index (χ4n) is 2.25. The first-order chi connectivity index (χ1) is 12.2. The molecule has 0 spiro atoms. The Morgan fingerprint density at radius 2 is 1.88 bits per heavy atom. The number of rotatable bonds is 4. The molecule has 0 radical (unpaired) electrons. The van der Waals surface area contributed by atoms with Crippen molar-refractivity contribution in [3.05, 3.63) is 78.4 Å². The van der Waals surface area contributed by atoms with Crippen molar-refractivity contribution in [3.63, 3.8) is 0 Å². The molecule has 25 heavy (non-hydrogen) atoms. The van der Waals surface area contributed by atoms with Gasteiger partial charge in [-0.3, -0.25) is 9.78 Å². The van der Waals surface area contributed by atoms with E-state index in [1.807, 2.05) is 30.3 Å². The summed E-state index contributed by atoms with van der Waals surface area (Å²) in [6.07, 6.45) is 2.99. The van der Waals surface area contributed by atoms with E-state index in [1.54, 1.807) is 12.3 Å². The summed E-state index contributed by atoms with van der Waals surface area (Å²) in [6.45, 7) is 0. The molecule has 1 amide bonds. The lowest BCUT2D eigenvalue weighted by molar-refractivity contribution is -0.112. The first-order valence-corrected chi connectivity index (χ1v) is 7.45. The molecule has 2 aromatic carbocycles. The summed E-state index contributed by atoms with van der Waals surface area (Å²) in [7, 11) is 0. The molecule has 3 aromatic rings. The zero-order chi connectivity index (χ0) is 17.6. The molecule has 0 aliphatic heterocycles. The van der Waals surface area contributed by atoms with E-state index >= 15 is 0 Å². The Kier molecular flexibility index (Phi) is 4.67. The van der Waals surface area contributed by atoms with Gasteiger partial charge in [0, 0.05) is 23.5 Å². The molecule has 0 saturated heterocycles. The molecule has 1 heterocycles. The molecule has 0 unspecified atom stereocenters. The van der Waals surface area contributed by atoms with Crippen LogP contribution in [0, 0.1) is 17.1 Å². The van der Waals surface area contributed by atoms with Crippen LogP contribution >= 0.6 is 0 Å². The second-order valence-electron chi connectivity index (χ2n) is 5.16. The molecule has 1 aromatic heterocycles. The SMILES string of the molecule is N#C/C(=C/Nc1cccc2cccnc12)C(=O)Nc1ccc(F)cc1. The number of nitrogens with zero attached hydrogens (tertiary/aromatic N) is 2. The van der Waals surface area contributed by atoms with Gasteiger partial charge in [-0.2, -0.15) is 5.26 Å². The molecule has 0 aliphatic rings. The predicted octanol–water partition coefficient (Wildman–Crippen LogP) is 3.83. The highest BCUT2D eigenvalue weighted by atomic mass is 19.1. The number of nitriles is 1. The van der Waals surface area contributed by atoms with Crippen LogP contribution in [0.25, 0.3) is 10.9 Å². The predicted molar refractivity (Wildman–Crippen MR) is 94.1 cm³/mol. The van der Waals surface area contributed by atoms with Crippen molar-refractivity contribution in [2.75, 3.05) is 10.6 Å². The van der Waals surface area contributed by atoms with Crippen LogP contribution in [-0.4, -0.2) is 10.9 Å². The minimum atomic E-state index is -0.588. The van der Waals surface area contributed by atoms with E-state index in [4.69, 9.17) is 0 Å². The second kappa shape index (κ2) is 7.23. The number of hydrogen-bond donors (Lipinski definition) is 2. The number of hydrogen-bond acceptors (Lipinski definition) is 4. The molecule has 0 aliphatic carbocycles. The van der Waals surface area contributed by atoms with Gasteiger partial charge in [0.25, 0.3) is 5.91 Å². The van der Waals surface area contributed by atoms with E-state index in [0.717, 1.165) is 10.9 Å². The van der Waals surface area contributed by atoms with Crippen LogP contribution in [-0.2, 0) is 4.79 Å². The van der Waals surface area contributed by atoms with Crippen LogP contribution in [0.3, 0.4) is 0 Å². The number of para-hydroxylation sites is 1. The smallest absolute Gasteiger partial charge is 0.267 e. The van der Waals surface area contributed by atoms with Crippen molar-refractivity contribution in [2.24, 2.45) is 0 Å². The lowest BCUT2D eigenvalue weighted by Crippen LogP contribution is -2.14. The standard InChI is InChI=1S/C19H13FN4O/c20-15-6-8-16(9-7-15)24-19(25)14(11-21)12-23-17-5-1-3-13-4-2-10-22-18(13)17/h1-10,12,23H,(H,24,25)/b14-12-. The van der Waals surface area contributed by atoms with E-state index in [0.29, 0.717) is 11.4 Å². The molecule has 0 saturated carbocycles. The third kappa shape index (κ3) is 3.79. The average molecular weight is 332 g/mol. The van der Waals surface area contributed by atoms with Gasteiger partial charge in [0.15, 0.2) is 0 Å². The Bertz CT molecular complexity index is 985. The summed E-state index contributed by atoms with van der Waals surface area (Å²) in [4.78, 5) is 16.5. The summed E-state index contributed by atoms with van der Waals surface area (Å²) in [5.41, 5.74) is 1.70. The van der Waals surface area contributed by atoms with Gasteiger partial charge in [0.05, 0.1) is 11.2 Å². The van der Waals surface area contributed by atoms with E-state index in [-0.39, 0.29) is 5.57 Å². The third-order valence-corrected chi connectivity index (χ3v) is 3.47. The zero-order valence-electron chi connectivity index (χ0n) is 13.0. The van der Waals surface area contributed by atoms with Crippen molar-refractivity contribution in [1.29, 1.82) is 5.26 Å². The van der Waals surface area contributed by atoms with Crippen LogP contribution in [0.5, 0.6) is 0 Å². The number of benzene rings is 2. The fraction of sp³-hybridized carbons (Fsp3) is 0. The maximum Gasteiger partial charge on any atom is 0.267 e. The fourth-order valence-corrected chi connectivity index (χ4v) is 2.25. The molecular weight excluding hydrogens is 319 g/mol. The lowest BCUT2D eigenvalue weighted by atomic mass is 10.2. The van der Waals surface area contributed by atoms with Crippen molar-refractivity contribution >= 4 is 28.2 Å². The third-order valence-electron chi connectivity index (χ3n) is 3.47. The van der Waals surface area contributed by atoms with Gasteiger partial charge in [-0.1, -0.05) is 18.2 Å². The van der Waals surface area contributed by atoms with Crippen LogP contribution in [0.1, 0.15) is 0 Å². The molecule has 122 valence electrons. The molecule has 5 nitrogen and oxygen atoms in total. The van der Waals surface area contributed by atoms with Crippen LogP contribution < -0.4 is 10.6 Å². The molecule has 2 N–H and O–H groups in total. The van der Waals surface area contributed by atoms with Crippen molar-refractivity contribution in [1.82, 2.24) is 4.98 Å². The zero-order valence-corrected chi connectivity index (χ0v) is 13.0. The molecule has 6 heteroatoms. The monoisotopic (exact) mass is 332 g/mol. The van der Waals surface area contributed by atoms with Gasteiger partial charge in [-0.15, -0.1) is 0 Å². The van der Waals surface area contributed by atoms with Crippen LogP contribution in [0.15, 0.2) is 72.6 Å². The number of fused-ring (bicyclic) bond motifs is 1. The van der Waals surface area contributed by atoms with Gasteiger partial charge < -0.3 is 10.6 Å². The highest BCUT2D eigenvalue weighted by molar-refractivity contribution is 6.06. The van der Waals surface area contributed by atoms with Gasteiger partial charge >= 0.3 is 0 Å². The van der Waals surface area contributed by atoms with Gasteiger partial charge in [0.1, 0.15) is 17.5 Å². The Hall–Kier alpha value is -3.72. The van der Waals surface area contributed by atoms with Crippen LogP contribution in [0.4, 0.5) is 15.8 Å².